The number of nitrogens with zero attached hydrogens (tertiary/aromatic N) is 1. The second kappa shape index (κ2) is 6.13. The molecule has 0 aromatic heterocycles. The highest BCUT2D eigenvalue weighted by molar-refractivity contribution is 6.01. The molecule has 0 saturated heterocycles. The van der Waals surface area contributed by atoms with E-state index in [1.807, 2.05) is 0 Å². The largest absolute Gasteiger partial charge is 0.508 e. The first kappa shape index (κ1) is 14.6. The van der Waals surface area contributed by atoms with Crippen molar-refractivity contribution >= 4 is 11.6 Å². The van der Waals surface area contributed by atoms with E-state index in [1.54, 1.807) is 0 Å². The monoisotopic (exact) mass is 290 g/mol. The molecule has 0 heterocycles. The van der Waals surface area contributed by atoms with Gasteiger partial charge in [-0.2, -0.15) is 5.10 Å². The molecule has 2 aromatic carbocycles. The van der Waals surface area contributed by atoms with Crippen molar-refractivity contribution in [2.24, 2.45) is 5.10 Å². The minimum atomic E-state index is -0.635. The minimum Gasteiger partial charge on any atom is -0.508 e. The Hall–Kier alpha value is -2.76. The minimum absolute atomic E-state index is 0.0359. The third-order valence-electron chi connectivity index (χ3n) is 2.75. The van der Waals surface area contributed by atoms with Crippen LogP contribution < -0.4 is 5.43 Å². The molecule has 1 amide bonds. The molecular weight excluding hydrogens is 278 g/mol. The van der Waals surface area contributed by atoms with Gasteiger partial charge in [0.15, 0.2) is 0 Å². The van der Waals surface area contributed by atoms with Gasteiger partial charge in [-0.1, -0.05) is 6.07 Å². The number of hydrogen-bond donors (Lipinski definition) is 2. The number of aromatic hydroxyl groups is 1. The van der Waals surface area contributed by atoms with E-state index < -0.39 is 17.5 Å². The summed E-state index contributed by atoms with van der Waals surface area (Å²) >= 11 is 0. The van der Waals surface area contributed by atoms with E-state index >= 15 is 0 Å². The van der Waals surface area contributed by atoms with Gasteiger partial charge in [-0.15, -0.1) is 0 Å². The fraction of sp³-hybridized carbons (Fsp3) is 0.0667. The summed E-state index contributed by atoms with van der Waals surface area (Å²) in [7, 11) is 0. The zero-order chi connectivity index (χ0) is 15.4. The van der Waals surface area contributed by atoms with E-state index in [-0.39, 0.29) is 22.6 Å². The van der Waals surface area contributed by atoms with E-state index in [4.69, 9.17) is 0 Å². The highest BCUT2D eigenvalue weighted by atomic mass is 19.1. The van der Waals surface area contributed by atoms with Gasteiger partial charge in [0.25, 0.3) is 5.91 Å². The second-order valence-corrected chi connectivity index (χ2v) is 4.31. The number of halogens is 2. The van der Waals surface area contributed by atoms with E-state index in [0.29, 0.717) is 0 Å². The first-order valence-electron chi connectivity index (χ1n) is 6.06. The maximum Gasteiger partial charge on any atom is 0.271 e. The molecule has 4 nitrogen and oxygen atoms in total. The lowest BCUT2D eigenvalue weighted by Gasteiger charge is -2.04. The van der Waals surface area contributed by atoms with Crippen LogP contribution in [0.25, 0.3) is 0 Å². The Bertz CT molecular complexity index is 715. The quantitative estimate of drug-likeness (QED) is 0.674. The normalized spacial score (nSPS) is 11.3. The van der Waals surface area contributed by atoms with Crippen LogP contribution in [0, 0.1) is 11.6 Å². The smallest absolute Gasteiger partial charge is 0.271 e. The van der Waals surface area contributed by atoms with Crippen LogP contribution in [0.1, 0.15) is 22.8 Å². The number of phenolic OH excluding ortho intramolecular Hbond substituents is 1. The molecule has 6 heteroatoms. The second-order valence-electron chi connectivity index (χ2n) is 4.31. The number of rotatable bonds is 3. The van der Waals surface area contributed by atoms with Crippen molar-refractivity contribution in [1.82, 2.24) is 5.43 Å². The van der Waals surface area contributed by atoms with E-state index in [9.17, 15) is 18.7 Å². The summed E-state index contributed by atoms with van der Waals surface area (Å²) in [6.07, 6.45) is 0. The number of amides is 1. The van der Waals surface area contributed by atoms with Crippen molar-refractivity contribution in [2.45, 2.75) is 6.92 Å². The Morgan fingerprint density at radius 3 is 2.67 bits per heavy atom. The lowest BCUT2D eigenvalue weighted by atomic mass is 10.1. The van der Waals surface area contributed by atoms with Crippen molar-refractivity contribution in [2.75, 3.05) is 0 Å². The summed E-state index contributed by atoms with van der Waals surface area (Å²) in [6, 6.07) is 8.67. The molecule has 0 saturated carbocycles. The zero-order valence-electron chi connectivity index (χ0n) is 11.1. The SMILES string of the molecule is C/C(=N/NC(=O)c1cccc(O)c1)c1cc(F)ccc1F. The molecule has 0 spiro atoms. The van der Waals surface area contributed by atoms with Gasteiger partial charge in [-0.3, -0.25) is 4.79 Å². The number of carbonyl (C=O) groups excluding carboxylic acids is 1. The Balaban J connectivity index is 2.17. The fourth-order valence-electron chi connectivity index (χ4n) is 1.68. The van der Waals surface area contributed by atoms with Crippen LogP contribution in [0.5, 0.6) is 5.75 Å². The summed E-state index contributed by atoms with van der Waals surface area (Å²) in [5.74, 6) is -1.86. The summed E-state index contributed by atoms with van der Waals surface area (Å²) in [4.78, 5) is 11.8. The maximum absolute atomic E-state index is 13.5. The molecule has 0 unspecified atom stereocenters. The Labute approximate surface area is 119 Å². The van der Waals surface area contributed by atoms with Gasteiger partial charge >= 0.3 is 0 Å². The lowest BCUT2D eigenvalue weighted by Crippen LogP contribution is -2.19. The number of carbonyl (C=O) groups is 1. The van der Waals surface area contributed by atoms with Crippen LogP contribution in [-0.2, 0) is 0 Å². The Kier molecular flexibility index (Phi) is 4.27. The number of hydrogen-bond acceptors (Lipinski definition) is 3. The molecule has 0 radical (unpaired) electrons. The van der Waals surface area contributed by atoms with Crippen LogP contribution >= 0.6 is 0 Å². The predicted molar refractivity (Wildman–Crippen MR) is 74.1 cm³/mol. The fourth-order valence-corrected chi connectivity index (χ4v) is 1.68. The van der Waals surface area contributed by atoms with Crippen molar-refractivity contribution in [3.63, 3.8) is 0 Å². The highest BCUT2D eigenvalue weighted by Crippen LogP contribution is 2.12. The standard InChI is InChI=1S/C15H12F2N2O2/c1-9(13-8-11(16)5-6-14(13)17)18-19-15(21)10-3-2-4-12(20)7-10/h2-8,20H,1H3,(H,19,21)/b18-9-. The van der Waals surface area contributed by atoms with E-state index in [1.165, 1.54) is 31.2 Å². The topological polar surface area (TPSA) is 61.7 Å². The van der Waals surface area contributed by atoms with Gasteiger partial charge in [-0.05, 0) is 43.3 Å². The van der Waals surface area contributed by atoms with Gasteiger partial charge in [-0.25, -0.2) is 14.2 Å². The van der Waals surface area contributed by atoms with E-state index in [2.05, 4.69) is 10.5 Å². The molecule has 0 fully saturated rings. The molecule has 2 rings (SSSR count). The Morgan fingerprint density at radius 1 is 1.19 bits per heavy atom. The number of nitrogens with one attached hydrogen (secondary N) is 1. The zero-order valence-corrected chi connectivity index (χ0v) is 11.1. The molecule has 2 N–H and O–H groups in total. The van der Waals surface area contributed by atoms with Gasteiger partial charge < -0.3 is 5.11 Å². The highest BCUT2D eigenvalue weighted by Gasteiger charge is 2.09. The van der Waals surface area contributed by atoms with Gasteiger partial charge in [0.1, 0.15) is 17.4 Å². The third-order valence-corrected chi connectivity index (χ3v) is 2.75. The lowest BCUT2D eigenvalue weighted by molar-refractivity contribution is 0.0954. The molecule has 108 valence electrons. The van der Waals surface area contributed by atoms with Crippen LogP contribution in [0.2, 0.25) is 0 Å². The number of benzene rings is 2. The van der Waals surface area contributed by atoms with Crippen molar-refractivity contribution in [3.8, 4) is 5.75 Å². The molecule has 0 atom stereocenters. The van der Waals surface area contributed by atoms with Crippen molar-refractivity contribution in [1.29, 1.82) is 0 Å². The van der Waals surface area contributed by atoms with E-state index in [0.717, 1.165) is 18.2 Å². The predicted octanol–water partition coefficient (Wildman–Crippen LogP) is 2.82. The third kappa shape index (κ3) is 3.62. The van der Waals surface area contributed by atoms with Crippen LogP contribution in [-0.4, -0.2) is 16.7 Å². The first-order chi connectivity index (χ1) is 9.97. The molecule has 21 heavy (non-hydrogen) atoms. The van der Waals surface area contributed by atoms with Gasteiger partial charge in [0.05, 0.1) is 5.71 Å². The average Bonchev–Trinajstić information content (AvgIpc) is 2.47. The molecule has 0 aliphatic rings. The molecule has 2 aromatic rings. The average molecular weight is 290 g/mol. The Morgan fingerprint density at radius 2 is 1.95 bits per heavy atom. The summed E-state index contributed by atoms with van der Waals surface area (Å²) in [5.41, 5.74) is 2.51. The van der Waals surface area contributed by atoms with Crippen LogP contribution in [0.4, 0.5) is 8.78 Å². The first-order valence-corrected chi connectivity index (χ1v) is 6.06. The van der Waals surface area contributed by atoms with Crippen molar-refractivity contribution in [3.05, 3.63) is 65.2 Å². The van der Waals surface area contributed by atoms with Gasteiger partial charge in [0.2, 0.25) is 0 Å². The molecule has 0 aliphatic carbocycles. The molecular formula is C15H12F2N2O2. The summed E-state index contributed by atoms with van der Waals surface area (Å²) < 4.78 is 26.6. The summed E-state index contributed by atoms with van der Waals surface area (Å²) in [6.45, 7) is 1.45. The van der Waals surface area contributed by atoms with Gasteiger partial charge in [0, 0.05) is 11.1 Å². The van der Waals surface area contributed by atoms with Crippen LogP contribution in [0.3, 0.4) is 0 Å². The maximum atomic E-state index is 13.5. The number of hydrazone groups is 1. The van der Waals surface area contributed by atoms with Crippen molar-refractivity contribution < 1.29 is 18.7 Å². The molecule has 0 aliphatic heterocycles. The summed E-state index contributed by atoms with van der Waals surface area (Å²) in [5, 5.41) is 13.0. The number of phenols is 1. The van der Waals surface area contributed by atoms with Crippen LogP contribution in [0.15, 0.2) is 47.6 Å². The molecule has 0 bridgehead atoms.